The second-order valence-corrected chi connectivity index (χ2v) is 11.4. The van der Waals surface area contributed by atoms with Gasteiger partial charge in [0.2, 0.25) is 0 Å². The Hall–Kier alpha value is -4.29. The minimum absolute atomic E-state index is 0.0553. The highest BCUT2D eigenvalue weighted by Gasteiger charge is 2.32. The summed E-state index contributed by atoms with van der Waals surface area (Å²) in [6.07, 6.45) is 4.77. The van der Waals surface area contributed by atoms with E-state index in [-0.39, 0.29) is 27.7 Å². The lowest BCUT2D eigenvalue weighted by Gasteiger charge is -2.29. The Bertz CT molecular complexity index is 1750. The summed E-state index contributed by atoms with van der Waals surface area (Å²) in [6, 6.07) is 9.61. The van der Waals surface area contributed by atoms with Crippen molar-refractivity contribution in [2.45, 2.75) is 38.6 Å². The van der Waals surface area contributed by atoms with Crippen LogP contribution in [0.25, 0.3) is 6.08 Å². The van der Waals surface area contributed by atoms with E-state index in [0.29, 0.717) is 45.2 Å². The summed E-state index contributed by atoms with van der Waals surface area (Å²) < 4.78 is 18.3. The molecule has 2 aromatic carbocycles. The van der Waals surface area contributed by atoms with Gasteiger partial charge in [0.25, 0.3) is 11.2 Å². The molecular weight excluding hydrogens is 572 g/mol. The third-order valence-corrected chi connectivity index (χ3v) is 8.71. The summed E-state index contributed by atoms with van der Waals surface area (Å²) in [5.41, 5.74) is 1.74. The van der Waals surface area contributed by atoms with Gasteiger partial charge >= 0.3 is 5.97 Å². The first-order chi connectivity index (χ1) is 20.7. The van der Waals surface area contributed by atoms with Gasteiger partial charge in [0.1, 0.15) is 0 Å². The zero-order valence-corrected chi connectivity index (χ0v) is 25.4. The number of nitrogens with zero attached hydrogens (tertiary/aromatic N) is 4. The number of esters is 1. The van der Waals surface area contributed by atoms with E-state index in [4.69, 9.17) is 14.2 Å². The molecular formula is C31H34N4O7S. The molecule has 5 rings (SSSR count). The van der Waals surface area contributed by atoms with Crippen LogP contribution in [0.3, 0.4) is 0 Å². The molecule has 0 radical (unpaired) electrons. The number of rotatable bonds is 9. The number of hydrogen-bond donors (Lipinski definition) is 0. The summed E-state index contributed by atoms with van der Waals surface area (Å²) in [7, 11) is 3.33. The molecule has 3 aromatic rings. The summed E-state index contributed by atoms with van der Waals surface area (Å²) in [5.74, 6) is 0.537. The first-order valence-corrected chi connectivity index (χ1v) is 15.0. The van der Waals surface area contributed by atoms with Crippen molar-refractivity contribution in [1.82, 2.24) is 9.47 Å². The number of nitro groups is 1. The Balaban J connectivity index is 1.60. The summed E-state index contributed by atoms with van der Waals surface area (Å²) in [6.45, 7) is 6.35. The van der Waals surface area contributed by atoms with Crippen molar-refractivity contribution in [3.05, 3.63) is 94.7 Å². The molecule has 0 unspecified atom stereocenters. The highest BCUT2D eigenvalue weighted by Crippen LogP contribution is 2.36. The molecule has 0 bridgehead atoms. The number of carbonyl (C=O) groups is 1. The van der Waals surface area contributed by atoms with E-state index < -0.39 is 12.0 Å². The van der Waals surface area contributed by atoms with Gasteiger partial charge in [-0.25, -0.2) is 9.79 Å². The minimum atomic E-state index is -0.832. The first kappa shape index (κ1) is 30.2. The van der Waals surface area contributed by atoms with E-state index in [0.717, 1.165) is 42.8 Å². The monoisotopic (exact) mass is 606 g/mol. The zero-order valence-electron chi connectivity index (χ0n) is 24.6. The number of ether oxygens (including phenoxy) is 3. The average molecular weight is 607 g/mol. The van der Waals surface area contributed by atoms with Crippen LogP contribution in [0.5, 0.6) is 11.5 Å². The highest BCUT2D eigenvalue weighted by molar-refractivity contribution is 7.07. The summed E-state index contributed by atoms with van der Waals surface area (Å²) >= 11 is 1.15. The fourth-order valence-corrected chi connectivity index (χ4v) is 6.58. The van der Waals surface area contributed by atoms with E-state index >= 15 is 0 Å². The molecule has 43 heavy (non-hydrogen) atoms. The van der Waals surface area contributed by atoms with Crippen molar-refractivity contribution in [2.75, 3.05) is 40.5 Å². The first-order valence-electron chi connectivity index (χ1n) is 14.2. The van der Waals surface area contributed by atoms with Gasteiger partial charge in [-0.3, -0.25) is 19.5 Å². The SMILES string of the molecule is CCOc1ccc([C@H]2C(C(=O)OC)=CN=c3s/c(=C\c4ccc(C5CCN(C)CC5)c([N+](=O)[O-])c4)c(=O)n32)cc1OCC. The molecule has 12 heteroatoms. The van der Waals surface area contributed by atoms with Crippen molar-refractivity contribution in [2.24, 2.45) is 4.99 Å². The maximum atomic E-state index is 13.9. The number of aromatic nitrogens is 1. The normalized spacial score (nSPS) is 17.5. The van der Waals surface area contributed by atoms with E-state index in [1.165, 1.54) is 23.9 Å². The predicted molar refractivity (Wildman–Crippen MR) is 163 cm³/mol. The standard InChI is InChI=1S/C31H34N4O7S/c1-5-41-25-10-8-21(17-26(25)42-6-2)28-23(30(37)40-4)18-32-31-34(28)29(36)27(43-31)16-19-7-9-22(24(15-19)35(38)39)20-11-13-33(3)14-12-20/h7-10,15-18,20,28H,5-6,11-14H2,1-4H3/b27-16-/t28-/m0/s1. The molecule has 0 amide bonds. The van der Waals surface area contributed by atoms with Crippen LogP contribution < -0.4 is 24.4 Å². The molecule has 0 spiro atoms. The van der Waals surface area contributed by atoms with Gasteiger partial charge in [0.15, 0.2) is 16.3 Å². The average Bonchev–Trinajstić information content (AvgIpc) is 3.32. The number of nitro benzene ring substituents is 1. The van der Waals surface area contributed by atoms with Gasteiger partial charge in [0, 0.05) is 17.8 Å². The Morgan fingerprint density at radius 2 is 1.84 bits per heavy atom. The summed E-state index contributed by atoms with van der Waals surface area (Å²) in [4.78, 5) is 45.5. The molecule has 0 aliphatic carbocycles. The number of methoxy groups -OCH3 is 1. The van der Waals surface area contributed by atoms with Crippen LogP contribution in [-0.4, -0.2) is 60.8 Å². The number of piperidine rings is 1. The van der Waals surface area contributed by atoms with Gasteiger partial charge in [0.05, 0.1) is 41.4 Å². The number of benzene rings is 2. The van der Waals surface area contributed by atoms with Gasteiger partial charge < -0.3 is 19.1 Å². The van der Waals surface area contributed by atoms with Gasteiger partial charge in [-0.05, 0) is 82.1 Å². The lowest BCUT2D eigenvalue weighted by molar-refractivity contribution is -0.385. The largest absolute Gasteiger partial charge is 0.490 e. The quantitative estimate of drug-likeness (QED) is 0.206. The van der Waals surface area contributed by atoms with Crippen molar-refractivity contribution < 1.29 is 23.9 Å². The van der Waals surface area contributed by atoms with Crippen LogP contribution in [0.2, 0.25) is 0 Å². The highest BCUT2D eigenvalue weighted by atomic mass is 32.1. The van der Waals surface area contributed by atoms with Crippen molar-refractivity contribution in [3.8, 4) is 11.5 Å². The molecule has 1 atom stereocenters. The van der Waals surface area contributed by atoms with Crippen LogP contribution in [0.15, 0.2) is 58.0 Å². The molecule has 11 nitrogen and oxygen atoms in total. The predicted octanol–water partition coefficient (Wildman–Crippen LogP) is 3.53. The second-order valence-electron chi connectivity index (χ2n) is 10.4. The summed E-state index contributed by atoms with van der Waals surface area (Å²) in [5, 5.41) is 12.1. The Morgan fingerprint density at radius 1 is 1.12 bits per heavy atom. The van der Waals surface area contributed by atoms with E-state index in [1.807, 2.05) is 26.0 Å². The second kappa shape index (κ2) is 12.9. The van der Waals surface area contributed by atoms with Gasteiger partial charge in [-0.2, -0.15) is 0 Å². The van der Waals surface area contributed by atoms with Crippen molar-refractivity contribution >= 4 is 29.1 Å². The third kappa shape index (κ3) is 6.11. The number of carbonyl (C=O) groups excluding carboxylic acids is 1. The Kier molecular flexibility index (Phi) is 9.07. The lowest BCUT2D eigenvalue weighted by atomic mass is 9.88. The van der Waals surface area contributed by atoms with Crippen LogP contribution in [0, 0.1) is 10.1 Å². The fraction of sp³-hybridized carbons (Fsp3) is 0.387. The number of thiazole rings is 1. The van der Waals surface area contributed by atoms with Gasteiger partial charge in [-0.15, -0.1) is 0 Å². The molecule has 0 saturated carbocycles. The van der Waals surface area contributed by atoms with Gasteiger partial charge in [-0.1, -0.05) is 29.5 Å². The molecule has 0 N–H and O–H groups in total. The Morgan fingerprint density at radius 3 is 2.51 bits per heavy atom. The molecule has 2 aliphatic rings. The van der Waals surface area contributed by atoms with Crippen LogP contribution in [0.4, 0.5) is 5.69 Å². The Labute approximate surface area is 252 Å². The minimum Gasteiger partial charge on any atom is -0.490 e. The number of likely N-dealkylation sites (tertiary alicyclic amines) is 1. The van der Waals surface area contributed by atoms with Crippen molar-refractivity contribution in [1.29, 1.82) is 0 Å². The van der Waals surface area contributed by atoms with Crippen LogP contribution in [0.1, 0.15) is 55.3 Å². The van der Waals surface area contributed by atoms with Crippen LogP contribution in [-0.2, 0) is 9.53 Å². The van der Waals surface area contributed by atoms with E-state index in [1.54, 1.807) is 24.3 Å². The smallest absolute Gasteiger partial charge is 0.337 e. The molecule has 1 saturated heterocycles. The lowest BCUT2D eigenvalue weighted by Crippen LogP contribution is -2.39. The van der Waals surface area contributed by atoms with Crippen LogP contribution >= 0.6 is 11.3 Å². The number of fused-ring (bicyclic) bond motifs is 1. The van der Waals surface area contributed by atoms with Crippen molar-refractivity contribution in [3.63, 3.8) is 0 Å². The molecule has 2 aliphatic heterocycles. The fourth-order valence-electron chi connectivity index (χ4n) is 5.61. The maximum Gasteiger partial charge on any atom is 0.337 e. The molecule has 226 valence electrons. The van der Waals surface area contributed by atoms with E-state index in [2.05, 4.69) is 16.9 Å². The zero-order chi connectivity index (χ0) is 30.7. The molecule has 1 aromatic heterocycles. The molecule has 3 heterocycles. The topological polar surface area (TPSA) is 126 Å². The maximum absolute atomic E-state index is 13.9. The molecule has 1 fully saturated rings. The van der Waals surface area contributed by atoms with E-state index in [9.17, 15) is 19.7 Å². The third-order valence-electron chi connectivity index (χ3n) is 7.72. The number of hydrogen-bond acceptors (Lipinski definition) is 10.